The van der Waals surface area contributed by atoms with Crippen molar-refractivity contribution in [2.75, 3.05) is 31.2 Å². The Morgan fingerprint density at radius 2 is 1.60 bits per heavy atom. The third-order valence-corrected chi connectivity index (χ3v) is 5.22. The molecule has 25 heavy (non-hydrogen) atoms. The summed E-state index contributed by atoms with van der Waals surface area (Å²) in [5.41, 5.74) is 5.02. The molecule has 2 heterocycles. The molecular formula is C21H25N3O. The van der Waals surface area contributed by atoms with Crippen molar-refractivity contribution in [2.24, 2.45) is 0 Å². The summed E-state index contributed by atoms with van der Waals surface area (Å²) in [6.45, 7) is 6.87. The molecule has 0 aromatic heterocycles. The highest BCUT2D eigenvalue weighted by Crippen LogP contribution is 2.29. The molecule has 0 unspecified atom stereocenters. The molecule has 1 amide bonds. The van der Waals surface area contributed by atoms with Crippen LogP contribution < -0.4 is 5.01 Å². The third-order valence-electron chi connectivity index (χ3n) is 5.22. The van der Waals surface area contributed by atoms with Gasteiger partial charge >= 0.3 is 0 Å². The van der Waals surface area contributed by atoms with Crippen LogP contribution in [0.5, 0.6) is 0 Å². The standard InChI is InChI=1S/C21H25N3O/c1-17-6-8-18(9-7-17)16-22-12-14-23(15-13-22)24-20-5-3-2-4-19(20)10-11-21(24)25/h2-9H,10-16H2,1H3. The number of rotatable bonds is 3. The zero-order valence-electron chi connectivity index (χ0n) is 14.8. The number of piperazine rings is 1. The number of para-hydroxylation sites is 1. The third kappa shape index (κ3) is 3.46. The average Bonchev–Trinajstić information content (AvgIpc) is 2.64. The van der Waals surface area contributed by atoms with Crippen molar-refractivity contribution >= 4 is 11.6 Å². The number of hydrogen-bond acceptors (Lipinski definition) is 3. The minimum atomic E-state index is 0.227. The Morgan fingerprint density at radius 1 is 0.880 bits per heavy atom. The first-order valence-electron chi connectivity index (χ1n) is 9.14. The fourth-order valence-electron chi connectivity index (χ4n) is 3.77. The number of aryl methyl sites for hydroxylation is 2. The maximum atomic E-state index is 12.5. The normalized spacial score (nSPS) is 19.1. The predicted octanol–water partition coefficient (Wildman–Crippen LogP) is 3.01. The number of hydrazine groups is 1. The van der Waals surface area contributed by atoms with Crippen molar-refractivity contribution in [1.29, 1.82) is 0 Å². The quantitative estimate of drug-likeness (QED) is 0.863. The molecule has 130 valence electrons. The zero-order valence-corrected chi connectivity index (χ0v) is 14.8. The molecular weight excluding hydrogens is 310 g/mol. The molecule has 2 aromatic rings. The van der Waals surface area contributed by atoms with Crippen molar-refractivity contribution in [1.82, 2.24) is 9.91 Å². The molecule has 1 fully saturated rings. The Balaban J connectivity index is 1.42. The maximum Gasteiger partial charge on any atom is 0.241 e. The average molecular weight is 335 g/mol. The van der Waals surface area contributed by atoms with Gasteiger partial charge in [0.1, 0.15) is 0 Å². The van der Waals surface area contributed by atoms with Crippen LogP contribution in [0.4, 0.5) is 5.69 Å². The van der Waals surface area contributed by atoms with Gasteiger partial charge in [-0.2, -0.15) is 0 Å². The van der Waals surface area contributed by atoms with E-state index in [1.807, 2.05) is 11.1 Å². The van der Waals surface area contributed by atoms with Gasteiger partial charge in [-0.05, 0) is 30.5 Å². The van der Waals surface area contributed by atoms with Crippen LogP contribution in [-0.4, -0.2) is 42.0 Å². The van der Waals surface area contributed by atoms with Crippen molar-refractivity contribution in [3.8, 4) is 0 Å². The van der Waals surface area contributed by atoms with Gasteiger partial charge in [0, 0.05) is 39.1 Å². The summed E-state index contributed by atoms with van der Waals surface area (Å²) in [6.07, 6.45) is 1.47. The number of hydrogen-bond donors (Lipinski definition) is 0. The summed E-state index contributed by atoms with van der Waals surface area (Å²) < 4.78 is 0. The Kier molecular flexibility index (Phi) is 4.55. The topological polar surface area (TPSA) is 26.8 Å². The van der Waals surface area contributed by atoms with E-state index in [4.69, 9.17) is 0 Å². The Hall–Kier alpha value is -2.17. The first kappa shape index (κ1) is 16.3. The lowest BCUT2D eigenvalue weighted by molar-refractivity contribution is -0.122. The second kappa shape index (κ2) is 6.98. The van der Waals surface area contributed by atoms with E-state index in [-0.39, 0.29) is 5.91 Å². The van der Waals surface area contributed by atoms with Crippen LogP contribution >= 0.6 is 0 Å². The highest BCUT2D eigenvalue weighted by molar-refractivity contribution is 5.95. The van der Waals surface area contributed by atoms with Gasteiger partial charge in [0.05, 0.1) is 5.69 Å². The minimum Gasteiger partial charge on any atom is -0.296 e. The van der Waals surface area contributed by atoms with E-state index in [9.17, 15) is 4.79 Å². The second-order valence-corrected chi connectivity index (χ2v) is 7.05. The van der Waals surface area contributed by atoms with Gasteiger partial charge < -0.3 is 0 Å². The Bertz CT molecular complexity index is 748. The minimum absolute atomic E-state index is 0.227. The lowest BCUT2D eigenvalue weighted by atomic mass is 10.0. The number of benzene rings is 2. The molecule has 0 N–H and O–H groups in total. The van der Waals surface area contributed by atoms with E-state index >= 15 is 0 Å². The van der Waals surface area contributed by atoms with E-state index in [0.29, 0.717) is 6.42 Å². The molecule has 0 spiro atoms. The summed E-state index contributed by atoms with van der Waals surface area (Å²) in [7, 11) is 0. The Morgan fingerprint density at radius 3 is 2.36 bits per heavy atom. The number of nitrogens with zero attached hydrogens (tertiary/aromatic N) is 3. The number of fused-ring (bicyclic) bond motifs is 1. The van der Waals surface area contributed by atoms with Gasteiger partial charge in [0.25, 0.3) is 0 Å². The molecule has 2 aliphatic heterocycles. The molecule has 0 aliphatic carbocycles. The summed E-state index contributed by atoms with van der Waals surface area (Å²) in [6, 6.07) is 17.1. The van der Waals surface area contributed by atoms with Gasteiger partial charge in [0.2, 0.25) is 5.91 Å². The highest BCUT2D eigenvalue weighted by atomic mass is 16.2. The van der Waals surface area contributed by atoms with E-state index < -0.39 is 0 Å². The molecule has 4 rings (SSSR count). The molecule has 0 bridgehead atoms. The van der Waals surface area contributed by atoms with Gasteiger partial charge in [-0.15, -0.1) is 0 Å². The molecule has 2 aliphatic rings. The predicted molar refractivity (Wildman–Crippen MR) is 100 cm³/mol. The van der Waals surface area contributed by atoms with Crippen LogP contribution in [0, 0.1) is 6.92 Å². The summed E-state index contributed by atoms with van der Waals surface area (Å²) >= 11 is 0. The van der Waals surface area contributed by atoms with Gasteiger partial charge in [-0.25, -0.2) is 10.0 Å². The van der Waals surface area contributed by atoms with Crippen molar-refractivity contribution in [3.63, 3.8) is 0 Å². The van der Waals surface area contributed by atoms with Gasteiger partial charge in [-0.1, -0.05) is 48.0 Å². The zero-order chi connectivity index (χ0) is 17.2. The lowest BCUT2D eigenvalue weighted by Gasteiger charge is -2.43. The van der Waals surface area contributed by atoms with E-state index in [2.05, 4.69) is 59.3 Å². The summed E-state index contributed by atoms with van der Waals surface area (Å²) in [5, 5.41) is 4.16. The van der Waals surface area contributed by atoms with Crippen LogP contribution in [0.2, 0.25) is 0 Å². The molecule has 4 nitrogen and oxygen atoms in total. The van der Waals surface area contributed by atoms with Crippen LogP contribution in [0.15, 0.2) is 48.5 Å². The second-order valence-electron chi connectivity index (χ2n) is 7.05. The number of anilines is 1. The summed E-state index contributed by atoms with van der Waals surface area (Å²) in [4.78, 5) is 15.0. The molecule has 1 saturated heterocycles. The largest absolute Gasteiger partial charge is 0.296 e. The molecule has 0 saturated carbocycles. The van der Waals surface area contributed by atoms with Crippen molar-refractivity contribution in [3.05, 3.63) is 65.2 Å². The first-order chi connectivity index (χ1) is 12.2. The molecule has 2 aromatic carbocycles. The first-order valence-corrected chi connectivity index (χ1v) is 9.14. The number of carbonyl (C=O) groups is 1. The monoisotopic (exact) mass is 335 g/mol. The lowest BCUT2D eigenvalue weighted by Crippen LogP contribution is -2.56. The van der Waals surface area contributed by atoms with E-state index in [1.54, 1.807) is 0 Å². The smallest absolute Gasteiger partial charge is 0.241 e. The van der Waals surface area contributed by atoms with E-state index in [1.165, 1.54) is 16.7 Å². The molecule has 4 heteroatoms. The molecule has 0 radical (unpaired) electrons. The fraction of sp³-hybridized carbons (Fsp3) is 0.381. The van der Waals surface area contributed by atoms with Crippen LogP contribution in [0.25, 0.3) is 0 Å². The number of amides is 1. The van der Waals surface area contributed by atoms with Crippen LogP contribution in [0.1, 0.15) is 23.1 Å². The number of carbonyl (C=O) groups excluding carboxylic acids is 1. The highest BCUT2D eigenvalue weighted by Gasteiger charge is 2.31. The summed E-state index contributed by atoms with van der Waals surface area (Å²) in [5.74, 6) is 0.227. The Labute approximate surface area is 149 Å². The maximum absolute atomic E-state index is 12.5. The fourth-order valence-corrected chi connectivity index (χ4v) is 3.77. The van der Waals surface area contributed by atoms with Crippen LogP contribution in [0.3, 0.4) is 0 Å². The molecule has 0 atom stereocenters. The van der Waals surface area contributed by atoms with Crippen molar-refractivity contribution < 1.29 is 4.79 Å². The van der Waals surface area contributed by atoms with Crippen molar-refractivity contribution in [2.45, 2.75) is 26.3 Å². The van der Waals surface area contributed by atoms with E-state index in [0.717, 1.165) is 44.8 Å². The van der Waals surface area contributed by atoms with Gasteiger partial charge in [-0.3, -0.25) is 9.69 Å². The van der Waals surface area contributed by atoms with Crippen LogP contribution in [-0.2, 0) is 17.8 Å². The van der Waals surface area contributed by atoms with Gasteiger partial charge in [0.15, 0.2) is 0 Å². The SMILES string of the molecule is Cc1ccc(CN2CCN(N3C(=O)CCc4ccccc43)CC2)cc1.